The fraction of sp³-hybridized carbons (Fsp3) is 0.188. The zero-order valence-corrected chi connectivity index (χ0v) is 12.5. The summed E-state index contributed by atoms with van der Waals surface area (Å²) in [7, 11) is 1.34. The van der Waals surface area contributed by atoms with Crippen molar-refractivity contribution in [3.63, 3.8) is 0 Å². The van der Waals surface area contributed by atoms with Crippen molar-refractivity contribution < 1.29 is 13.9 Å². The molecule has 5 heteroatoms. The third-order valence-corrected chi connectivity index (χ3v) is 3.42. The number of aryl methyl sites for hydroxylation is 1. The molecule has 110 valence electrons. The summed E-state index contributed by atoms with van der Waals surface area (Å²) in [5.74, 6) is -0.827. The molecule has 1 N–H and O–H groups in total. The van der Waals surface area contributed by atoms with Crippen LogP contribution in [0.4, 0.5) is 10.1 Å². The van der Waals surface area contributed by atoms with Gasteiger partial charge in [0.1, 0.15) is 5.82 Å². The SMILES string of the molecule is COC(=O)c1ccc(C)c(NCc2ccc(F)c(Cl)c2)c1. The summed E-state index contributed by atoms with van der Waals surface area (Å²) in [6, 6.07) is 9.84. The van der Waals surface area contributed by atoms with Crippen molar-refractivity contribution in [2.45, 2.75) is 13.5 Å². The van der Waals surface area contributed by atoms with E-state index < -0.39 is 5.82 Å². The van der Waals surface area contributed by atoms with Gasteiger partial charge in [0, 0.05) is 12.2 Å². The number of rotatable bonds is 4. The normalized spacial score (nSPS) is 10.3. The molecule has 2 rings (SSSR count). The number of anilines is 1. The monoisotopic (exact) mass is 307 g/mol. The van der Waals surface area contributed by atoms with E-state index >= 15 is 0 Å². The molecule has 0 unspecified atom stereocenters. The first-order valence-electron chi connectivity index (χ1n) is 6.38. The van der Waals surface area contributed by atoms with Crippen LogP contribution < -0.4 is 5.32 Å². The second-order valence-electron chi connectivity index (χ2n) is 4.62. The van der Waals surface area contributed by atoms with Crippen LogP contribution in [-0.4, -0.2) is 13.1 Å². The van der Waals surface area contributed by atoms with Gasteiger partial charge in [-0.3, -0.25) is 0 Å². The molecule has 0 saturated carbocycles. The van der Waals surface area contributed by atoms with E-state index in [2.05, 4.69) is 5.32 Å². The Morgan fingerprint density at radius 3 is 2.71 bits per heavy atom. The van der Waals surface area contributed by atoms with Gasteiger partial charge < -0.3 is 10.1 Å². The van der Waals surface area contributed by atoms with E-state index in [-0.39, 0.29) is 11.0 Å². The maximum absolute atomic E-state index is 13.1. The lowest BCUT2D eigenvalue weighted by atomic mass is 10.1. The van der Waals surface area contributed by atoms with Crippen LogP contribution in [0.2, 0.25) is 5.02 Å². The highest BCUT2D eigenvalue weighted by Gasteiger charge is 2.08. The Bertz CT molecular complexity index is 673. The van der Waals surface area contributed by atoms with E-state index in [9.17, 15) is 9.18 Å². The molecular formula is C16H15ClFNO2. The average Bonchev–Trinajstić information content (AvgIpc) is 2.49. The average molecular weight is 308 g/mol. The number of methoxy groups -OCH3 is 1. The first-order chi connectivity index (χ1) is 10.0. The van der Waals surface area contributed by atoms with Crippen LogP contribution in [0.25, 0.3) is 0 Å². The van der Waals surface area contributed by atoms with Crippen molar-refractivity contribution in [3.8, 4) is 0 Å². The highest BCUT2D eigenvalue weighted by Crippen LogP contribution is 2.20. The van der Waals surface area contributed by atoms with Gasteiger partial charge in [-0.1, -0.05) is 23.7 Å². The van der Waals surface area contributed by atoms with Crippen molar-refractivity contribution in [1.29, 1.82) is 0 Å². The molecule has 0 amide bonds. The van der Waals surface area contributed by atoms with Crippen molar-refractivity contribution in [2.75, 3.05) is 12.4 Å². The smallest absolute Gasteiger partial charge is 0.337 e. The van der Waals surface area contributed by atoms with Crippen LogP contribution in [0.15, 0.2) is 36.4 Å². The van der Waals surface area contributed by atoms with E-state index in [0.717, 1.165) is 16.8 Å². The Kier molecular flexibility index (Phi) is 4.81. The highest BCUT2D eigenvalue weighted by molar-refractivity contribution is 6.30. The highest BCUT2D eigenvalue weighted by atomic mass is 35.5. The fourth-order valence-electron chi connectivity index (χ4n) is 1.90. The van der Waals surface area contributed by atoms with Gasteiger partial charge in [0.15, 0.2) is 0 Å². The molecule has 2 aromatic rings. The molecule has 0 aliphatic rings. The van der Waals surface area contributed by atoms with E-state index in [1.54, 1.807) is 24.3 Å². The molecule has 0 aliphatic heterocycles. The molecule has 0 aliphatic carbocycles. The Labute approximate surface area is 127 Å². The molecular weight excluding hydrogens is 293 g/mol. The Balaban J connectivity index is 2.15. The molecule has 3 nitrogen and oxygen atoms in total. The number of benzene rings is 2. The lowest BCUT2D eigenvalue weighted by Crippen LogP contribution is -2.05. The van der Waals surface area contributed by atoms with Gasteiger partial charge in [-0.25, -0.2) is 9.18 Å². The van der Waals surface area contributed by atoms with Gasteiger partial charge in [0.25, 0.3) is 0 Å². The van der Waals surface area contributed by atoms with Crippen LogP contribution in [0.5, 0.6) is 0 Å². The summed E-state index contributed by atoms with van der Waals surface area (Å²) in [5, 5.41) is 3.30. The zero-order valence-electron chi connectivity index (χ0n) is 11.7. The number of hydrogen-bond acceptors (Lipinski definition) is 3. The molecule has 0 atom stereocenters. The predicted octanol–water partition coefficient (Wildman–Crippen LogP) is 4.19. The number of esters is 1. The van der Waals surface area contributed by atoms with Crippen LogP contribution in [0, 0.1) is 12.7 Å². The minimum Gasteiger partial charge on any atom is -0.465 e. The van der Waals surface area contributed by atoms with Crippen molar-refractivity contribution in [2.24, 2.45) is 0 Å². The van der Waals surface area contributed by atoms with E-state index in [4.69, 9.17) is 16.3 Å². The van der Waals surface area contributed by atoms with Crippen LogP contribution >= 0.6 is 11.6 Å². The summed E-state index contributed by atoms with van der Waals surface area (Å²) < 4.78 is 17.8. The standard InChI is InChI=1S/C16H15ClFNO2/c1-10-3-5-12(16(20)21-2)8-15(10)19-9-11-4-6-14(18)13(17)7-11/h3-8,19H,9H2,1-2H3. The van der Waals surface area contributed by atoms with Gasteiger partial charge in [-0.15, -0.1) is 0 Å². The molecule has 0 aromatic heterocycles. The second kappa shape index (κ2) is 6.59. The maximum atomic E-state index is 13.1. The summed E-state index contributed by atoms with van der Waals surface area (Å²) in [4.78, 5) is 11.5. The molecule has 0 bridgehead atoms. The van der Waals surface area contributed by atoms with Gasteiger partial charge in [-0.05, 0) is 42.3 Å². The minimum absolute atomic E-state index is 0.0920. The third kappa shape index (κ3) is 3.73. The Morgan fingerprint density at radius 2 is 2.05 bits per heavy atom. The second-order valence-corrected chi connectivity index (χ2v) is 5.03. The number of halogens is 2. The number of carbonyl (C=O) groups is 1. The van der Waals surface area contributed by atoms with Crippen LogP contribution in [-0.2, 0) is 11.3 Å². The van der Waals surface area contributed by atoms with Crippen molar-refractivity contribution in [3.05, 3.63) is 63.9 Å². The van der Waals surface area contributed by atoms with E-state index in [1.807, 2.05) is 13.0 Å². The quantitative estimate of drug-likeness (QED) is 0.861. The molecule has 21 heavy (non-hydrogen) atoms. The van der Waals surface area contributed by atoms with Gasteiger partial charge in [-0.2, -0.15) is 0 Å². The lowest BCUT2D eigenvalue weighted by Gasteiger charge is -2.11. The number of ether oxygens (including phenoxy) is 1. The maximum Gasteiger partial charge on any atom is 0.337 e. The summed E-state index contributed by atoms with van der Waals surface area (Å²) in [6.07, 6.45) is 0. The Morgan fingerprint density at radius 1 is 1.29 bits per heavy atom. The van der Waals surface area contributed by atoms with E-state index in [1.165, 1.54) is 13.2 Å². The van der Waals surface area contributed by atoms with Crippen molar-refractivity contribution in [1.82, 2.24) is 0 Å². The number of carbonyl (C=O) groups excluding carboxylic acids is 1. The van der Waals surface area contributed by atoms with Crippen LogP contribution in [0.3, 0.4) is 0 Å². The molecule has 0 radical (unpaired) electrons. The minimum atomic E-state index is -0.440. The molecule has 0 spiro atoms. The van der Waals surface area contributed by atoms with Gasteiger partial charge in [0.2, 0.25) is 0 Å². The zero-order chi connectivity index (χ0) is 15.4. The summed E-state index contributed by atoms with van der Waals surface area (Å²) in [5.41, 5.74) is 3.14. The van der Waals surface area contributed by atoms with Crippen LogP contribution in [0.1, 0.15) is 21.5 Å². The molecule has 2 aromatic carbocycles. The topological polar surface area (TPSA) is 38.3 Å². The van der Waals surface area contributed by atoms with Gasteiger partial charge in [0.05, 0.1) is 17.7 Å². The number of nitrogens with one attached hydrogen (secondary N) is 1. The lowest BCUT2D eigenvalue weighted by molar-refractivity contribution is 0.0601. The van der Waals surface area contributed by atoms with Crippen molar-refractivity contribution >= 4 is 23.3 Å². The fourth-order valence-corrected chi connectivity index (χ4v) is 2.11. The molecule has 0 fully saturated rings. The third-order valence-electron chi connectivity index (χ3n) is 3.13. The first kappa shape index (κ1) is 15.3. The summed E-state index contributed by atoms with van der Waals surface area (Å²) >= 11 is 5.75. The first-order valence-corrected chi connectivity index (χ1v) is 6.76. The Hall–Kier alpha value is -2.07. The predicted molar refractivity (Wildman–Crippen MR) is 81.3 cm³/mol. The number of hydrogen-bond donors (Lipinski definition) is 1. The summed E-state index contributed by atoms with van der Waals surface area (Å²) in [6.45, 7) is 2.41. The largest absolute Gasteiger partial charge is 0.465 e. The van der Waals surface area contributed by atoms with E-state index in [0.29, 0.717) is 12.1 Å². The molecule has 0 heterocycles. The van der Waals surface area contributed by atoms with Gasteiger partial charge >= 0.3 is 5.97 Å². The molecule has 0 saturated heterocycles.